The summed E-state index contributed by atoms with van der Waals surface area (Å²) in [7, 11) is 1.72. The summed E-state index contributed by atoms with van der Waals surface area (Å²) in [4.78, 5) is 52.6. The van der Waals surface area contributed by atoms with Gasteiger partial charge < -0.3 is 29.9 Å². The Bertz CT molecular complexity index is 1680. The van der Waals surface area contributed by atoms with E-state index in [4.69, 9.17) is 9.47 Å². The fourth-order valence-corrected chi connectivity index (χ4v) is 7.70. The van der Waals surface area contributed by atoms with Crippen LogP contribution in [0.2, 0.25) is 0 Å². The number of allylic oxidation sites excluding steroid dienone is 2. The lowest BCUT2D eigenvalue weighted by molar-refractivity contribution is -0.124. The smallest absolute Gasteiger partial charge is 0.410 e. The Balaban J connectivity index is 1.29. The number of thiazole rings is 1. The highest BCUT2D eigenvalue weighted by molar-refractivity contribution is 8.05. The molecular formula is C41H54N6O5S2. The van der Waals surface area contributed by atoms with Crippen LogP contribution in [-0.4, -0.2) is 103 Å². The lowest BCUT2D eigenvalue weighted by Gasteiger charge is -2.30. The first-order valence-corrected chi connectivity index (χ1v) is 20.6. The van der Waals surface area contributed by atoms with Crippen LogP contribution in [0, 0.1) is 0 Å². The number of ether oxygens (including phenoxy) is 2. The van der Waals surface area contributed by atoms with Gasteiger partial charge in [0.15, 0.2) is 0 Å². The van der Waals surface area contributed by atoms with Crippen molar-refractivity contribution in [2.75, 3.05) is 53.0 Å². The number of carbonyl (C=O) groups is 3. The average Bonchev–Trinajstić information content (AvgIpc) is 3.67. The predicted molar refractivity (Wildman–Crippen MR) is 216 cm³/mol. The molecule has 11 nitrogen and oxygen atoms in total. The van der Waals surface area contributed by atoms with E-state index in [0.717, 1.165) is 46.2 Å². The maximum absolute atomic E-state index is 14.2. The van der Waals surface area contributed by atoms with Crippen LogP contribution < -0.4 is 10.6 Å². The Morgan fingerprint density at radius 2 is 1.69 bits per heavy atom. The van der Waals surface area contributed by atoms with Crippen molar-refractivity contribution >= 4 is 41.1 Å². The summed E-state index contributed by atoms with van der Waals surface area (Å²) in [6, 6.07) is 18.4. The molecule has 3 aromatic rings. The molecule has 2 atom stereocenters. The van der Waals surface area contributed by atoms with Gasteiger partial charge in [0, 0.05) is 62.0 Å². The number of amides is 4. The second kappa shape index (κ2) is 21.7. The van der Waals surface area contributed by atoms with Crippen LogP contribution in [0.5, 0.6) is 0 Å². The van der Waals surface area contributed by atoms with Crippen molar-refractivity contribution in [1.82, 2.24) is 30.3 Å². The van der Waals surface area contributed by atoms with Gasteiger partial charge in [-0.25, -0.2) is 14.6 Å². The average molecular weight is 775 g/mol. The molecule has 1 aromatic heterocycles. The van der Waals surface area contributed by atoms with Gasteiger partial charge in [-0.2, -0.15) is 0 Å². The molecule has 0 aliphatic carbocycles. The lowest BCUT2D eigenvalue weighted by Crippen LogP contribution is -2.54. The molecule has 3 heterocycles. The molecule has 2 aromatic carbocycles. The Kier molecular flexibility index (Phi) is 16.4. The zero-order chi connectivity index (χ0) is 38.1. The highest BCUT2D eigenvalue weighted by Gasteiger charge is 2.27. The van der Waals surface area contributed by atoms with Crippen molar-refractivity contribution in [3.8, 4) is 0 Å². The topological polar surface area (TPSA) is 116 Å². The minimum Gasteiger partial charge on any atom is -0.444 e. The number of benzene rings is 2. The molecule has 5 rings (SSSR count). The van der Waals surface area contributed by atoms with Crippen LogP contribution in [-0.2, 0) is 33.8 Å². The lowest BCUT2D eigenvalue weighted by atomic mass is 10.0. The van der Waals surface area contributed by atoms with Gasteiger partial charge in [-0.15, -0.1) is 11.3 Å². The van der Waals surface area contributed by atoms with E-state index in [1.54, 1.807) is 39.9 Å². The number of urea groups is 1. The Labute approximate surface area is 328 Å². The molecule has 13 heteroatoms. The van der Waals surface area contributed by atoms with Crippen molar-refractivity contribution in [1.29, 1.82) is 0 Å². The molecule has 290 valence electrons. The summed E-state index contributed by atoms with van der Waals surface area (Å²) in [6.07, 6.45) is 6.03. The van der Waals surface area contributed by atoms with Crippen LogP contribution >= 0.6 is 23.1 Å². The van der Waals surface area contributed by atoms with Gasteiger partial charge in [-0.05, 0) is 42.2 Å². The third-order valence-corrected chi connectivity index (χ3v) is 11.4. The standard InChI is InChI=1S/C41H54N6O5S2/c1-31(2)39-43-35(30-54-39)28-45(3)40(49)44-37(18-19-46-21-23-51-24-22-46)38(48)42-34(26-32-12-6-4-7-13-32)17-20-47(27-33-14-8-5-9-15-33)41(50)52-29-36-16-10-11-25-53-36/h4-9,11-16,25,30-31,34,37H,10,17-24,26-29H2,1-3H3,(H,42,48)(H,44,49)/t34-,37+/m1/s1. The van der Waals surface area contributed by atoms with E-state index in [2.05, 4.69) is 46.5 Å². The predicted octanol–water partition coefficient (Wildman–Crippen LogP) is 6.79. The van der Waals surface area contributed by atoms with Gasteiger partial charge >= 0.3 is 12.1 Å². The molecule has 1 fully saturated rings. The van der Waals surface area contributed by atoms with E-state index in [1.165, 1.54) is 0 Å². The Morgan fingerprint density at radius 3 is 2.35 bits per heavy atom. The molecule has 0 spiro atoms. The van der Waals surface area contributed by atoms with Crippen LogP contribution in [0.25, 0.3) is 0 Å². The van der Waals surface area contributed by atoms with Gasteiger partial charge in [0.05, 0.1) is 30.5 Å². The number of nitrogens with zero attached hydrogens (tertiary/aromatic N) is 4. The minimum atomic E-state index is -0.775. The molecule has 2 aliphatic heterocycles. The molecule has 54 heavy (non-hydrogen) atoms. The van der Waals surface area contributed by atoms with E-state index in [9.17, 15) is 14.4 Å². The first-order chi connectivity index (χ1) is 26.2. The first kappa shape index (κ1) is 41.0. The zero-order valence-corrected chi connectivity index (χ0v) is 33.3. The van der Waals surface area contributed by atoms with Gasteiger partial charge in [-0.3, -0.25) is 9.69 Å². The van der Waals surface area contributed by atoms with Gasteiger partial charge in [-0.1, -0.05) is 98.4 Å². The molecule has 0 radical (unpaired) electrons. The highest BCUT2D eigenvalue weighted by Crippen LogP contribution is 2.23. The van der Waals surface area contributed by atoms with Crippen molar-refractivity contribution < 1.29 is 23.9 Å². The number of nitrogens with one attached hydrogen (secondary N) is 2. The molecule has 2 N–H and O–H groups in total. The summed E-state index contributed by atoms with van der Waals surface area (Å²) in [5.41, 5.74) is 2.87. The van der Waals surface area contributed by atoms with Crippen molar-refractivity contribution in [3.05, 3.63) is 110 Å². The third-order valence-electron chi connectivity index (χ3n) is 9.29. The van der Waals surface area contributed by atoms with Crippen molar-refractivity contribution in [2.45, 2.75) is 70.6 Å². The summed E-state index contributed by atoms with van der Waals surface area (Å²) in [5.74, 6) is 0.0557. The maximum Gasteiger partial charge on any atom is 0.410 e. The highest BCUT2D eigenvalue weighted by atomic mass is 32.2. The SMILES string of the molecule is CC(C)c1nc(CN(C)C(=O)N[C@@H](CCN2CCOCC2)C(=O)N[C@H](CCN(Cc2ccccc2)C(=O)OCC2=CCC=CS2)Cc2ccccc2)cs1. The van der Waals surface area contributed by atoms with Crippen molar-refractivity contribution in [2.24, 2.45) is 0 Å². The second-order valence-electron chi connectivity index (χ2n) is 14.0. The fourth-order valence-electron chi connectivity index (χ4n) is 6.17. The van der Waals surface area contributed by atoms with Gasteiger partial charge in [0.25, 0.3) is 0 Å². The number of aromatic nitrogens is 1. The van der Waals surface area contributed by atoms with E-state index in [1.807, 2.05) is 71.5 Å². The number of carbonyl (C=O) groups excluding carboxylic acids is 3. The summed E-state index contributed by atoms with van der Waals surface area (Å²) < 4.78 is 11.3. The van der Waals surface area contributed by atoms with Gasteiger partial charge in [0.1, 0.15) is 12.6 Å². The zero-order valence-electron chi connectivity index (χ0n) is 31.7. The Morgan fingerprint density at radius 1 is 0.963 bits per heavy atom. The first-order valence-electron chi connectivity index (χ1n) is 18.8. The third kappa shape index (κ3) is 13.6. The van der Waals surface area contributed by atoms with Crippen LogP contribution in [0.4, 0.5) is 9.59 Å². The van der Waals surface area contributed by atoms with Gasteiger partial charge in [0.2, 0.25) is 5.91 Å². The number of hydrogen-bond acceptors (Lipinski definition) is 9. The van der Waals surface area contributed by atoms with Crippen LogP contribution in [0.3, 0.4) is 0 Å². The largest absolute Gasteiger partial charge is 0.444 e. The molecule has 4 amide bonds. The maximum atomic E-state index is 14.2. The summed E-state index contributed by atoms with van der Waals surface area (Å²) in [5, 5.41) is 11.3. The summed E-state index contributed by atoms with van der Waals surface area (Å²) >= 11 is 3.15. The number of rotatable bonds is 18. The monoisotopic (exact) mass is 774 g/mol. The van der Waals surface area contributed by atoms with E-state index >= 15 is 0 Å². The quantitative estimate of drug-likeness (QED) is 0.145. The number of morpholine rings is 1. The molecule has 0 unspecified atom stereocenters. The molecular weight excluding hydrogens is 721 g/mol. The number of thioether (sulfide) groups is 1. The van der Waals surface area contributed by atoms with E-state index in [0.29, 0.717) is 64.6 Å². The minimum absolute atomic E-state index is 0.212. The fraction of sp³-hybridized carbons (Fsp3) is 0.463. The molecule has 1 saturated heterocycles. The van der Waals surface area contributed by atoms with E-state index < -0.39 is 12.1 Å². The van der Waals surface area contributed by atoms with Crippen LogP contribution in [0.15, 0.2) is 88.5 Å². The normalized spacial score (nSPS) is 15.6. The van der Waals surface area contributed by atoms with E-state index in [-0.39, 0.29) is 24.6 Å². The summed E-state index contributed by atoms with van der Waals surface area (Å²) in [6.45, 7) is 8.97. The van der Waals surface area contributed by atoms with Crippen LogP contribution in [0.1, 0.15) is 60.9 Å². The molecule has 0 bridgehead atoms. The Hall–Kier alpha value is -4.17. The number of hydrogen-bond donors (Lipinski definition) is 2. The second-order valence-corrected chi connectivity index (χ2v) is 15.9. The van der Waals surface area contributed by atoms with Crippen molar-refractivity contribution in [3.63, 3.8) is 0 Å². The molecule has 0 saturated carbocycles. The molecule has 2 aliphatic rings.